The Balaban J connectivity index is 2.13. The number of rotatable bonds is 2. The average Bonchev–Trinajstić information content (AvgIpc) is 2.56. The monoisotopic (exact) mass is 219 g/mol. The number of ketones is 1. The maximum atomic E-state index is 11.9. The predicted molar refractivity (Wildman–Crippen MR) is 43.3 cm³/mol. The van der Waals surface area contributed by atoms with Crippen LogP contribution in [0.25, 0.3) is 0 Å². The molecule has 1 aromatic heterocycles. The van der Waals surface area contributed by atoms with Crippen molar-refractivity contribution in [2.24, 2.45) is 0 Å². The van der Waals surface area contributed by atoms with Crippen LogP contribution in [0.3, 0.4) is 0 Å². The fraction of sp³-hybridized carbons (Fsp3) is 0.625. The lowest BCUT2D eigenvalue weighted by Gasteiger charge is -2.01. The fourth-order valence-electron chi connectivity index (χ4n) is 1.50. The summed E-state index contributed by atoms with van der Waals surface area (Å²) in [4.78, 5) is 14.9. The van der Waals surface area contributed by atoms with Crippen molar-refractivity contribution in [1.29, 1.82) is 0 Å². The van der Waals surface area contributed by atoms with Crippen molar-refractivity contribution < 1.29 is 18.0 Å². The number of carbonyl (C=O) groups is 1. The summed E-state index contributed by atoms with van der Waals surface area (Å²) in [6, 6.07) is 0. The number of nitrogens with zero attached hydrogens (tertiary/aromatic N) is 3. The van der Waals surface area contributed by atoms with E-state index in [1.807, 2.05) is 0 Å². The quantitative estimate of drug-likeness (QED) is 0.705. The lowest BCUT2D eigenvalue weighted by molar-refractivity contribution is -0.125. The first-order chi connectivity index (χ1) is 6.96. The predicted octanol–water partition coefficient (Wildman–Crippen LogP) is 1.36. The van der Waals surface area contributed by atoms with Crippen LogP contribution in [0, 0.1) is 0 Å². The molecule has 0 spiro atoms. The Bertz CT molecular complexity index is 375. The number of fused-ring (bicyclic) bond motifs is 1. The Morgan fingerprint density at radius 3 is 2.80 bits per heavy atom. The van der Waals surface area contributed by atoms with Crippen LogP contribution >= 0.6 is 0 Å². The highest BCUT2D eigenvalue weighted by Crippen LogP contribution is 2.22. The molecule has 0 radical (unpaired) electrons. The van der Waals surface area contributed by atoms with E-state index in [0.29, 0.717) is 18.8 Å². The van der Waals surface area contributed by atoms with Crippen molar-refractivity contribution in [2.75, 3.05) is 0 Å². The third kappa shape index (κ3) is 2.16. The molecular formula is C8H8F3N3O. The van der Waals surface area contributed by atoms with E-state index in [-0.39, 0.29) is 5.82 Å². The smallest absolute Gasteiger partial charge is 0.290 e. The summed E-state index contributed by atoms with van der Waals surface area (Å²) in [7, 11) is 0. The fourth-order valence-corrected chi connectivity index (χ4v) is 1.50. The van der Waals surface area contributed by atoms with Crippen LogP contribution in [-0.4, -0.2) is 26.7 Å². The van der Waals surface area contributed by atoms with E-state index >= 15 is 0 Å². The van der Waals surface area contributed by atoms with E-state index in [1.54, 1.807) is 0 Å². The molecule has 15 heavy (non-hydrogen) atoms. The van der Waals surface area contributed by atoms with Gasteiger partial charge in [-0.05, 0) is 6.42 Å². The number of hydrogen-bond acceptors (Lipinski definition) is 3. The number of Topliss-reactive ketones (excluding diaryl/α,β-unsaturated/α-hetero) is 1. The molecule has 1 aliphatic rings. The molecule has 0 N–H and O–H groups in total. The average molecular weight is 219 g/mol. The second-order valence-electron chi connectivity index (χ2n) is 3.39. The summed E-state index contributed by atoms with van der Waals surface area (Å²) in [5.41, 5.74) is 0. The van der Waals surface area contributed by atoms with Gasteiger partial charge in [0.25, 0.3) is 0 Å². The van der Waals surface area contributed by atoms with E-state index in [4.69, 9.17) is 0 Å². The molecule has 0 atom stereocenters. The Morgan fingerprint density at radius 1 is 1.47 bits per heavy atom. The number of aryl methyl sites for hydroxylation is 2. The Morgan fingerprint density at radius 2 is 2.20 bits per heavy atom. The molecule has 1 aromatic rings. The molecule has 7 heteroatoms. The van der Waals surface area contributed by atoms with Gasteiger partial charge in [0.05, 0.1) is 0 Å². The van der Waals surface area contributed by atoms with Crippen molar-refractivity contribution in [3.8, 4) is 0 Å². The molecule has 2 heterocycles. The van der Waals surface area contributed by atoms with E-state index < -0.39 is 18.4 Å². The largest absolute Gasteiger partial charge is 0.396 e. The number of aromatic nitrogens is 3. The molecule has 1 aliphatic heterocycles. The third-order valence-electron chi connectivity index (χ3n) is 2.13. The van der Waals surface area contributed by atoms with Gasteiger partial charge in [-0.2, -0.15) is 13.2 Å². The van der Waals surface area contributed by atoms with Gasteiger partial charge in [-0.1, -0.05) is 0 Å². The number of halogens is 3. The SMILES string of the molecule is O=C(CC(F)(F)F)c1nc2n(n1)CCC2. The Kier molecular flexibility index (Phi) is 2.24. The van der Waals surface area contributed by atoms with Gasteiger partial charge in [0.15, 0.2) is 0 Å². The van der Waals surface area contributed by atoms with Crippen LogP contribution in [-0.2, 0) is 13.0 Å². The summed E-state index contributed by atoms with van der Waals surface area (Å²) < 4.78 is 37.2. The highest BCUT2D eigenvalue weighted by atomic mass is 19.4. The zero-order valence-electron chi connectivity index (χ0n) is 7.71. The minimum atomic E-state index is -4.49. The van der Waals surface area contributed by atoms with Crippen molar-refractivity contribution in [3.63, 3.8) is 0 Å². The second-order valence-corrected chi connectivity index (χ2v) is 3.39. The zero-order chi connectivity index (χ0) is 11.1. The van der Waals surface area contributed by atoms with Crippen LogP contribution < -0.4 is 0 Å². The van der Waals surface area contributed by atoms with Crippen LogP contribution in [0.4, 0.5) is 13.2 Å². The number of carbonyl (C=O) groups excluding carboxylic acids is 1. The Hall–Kier alpha value is -1.40. The first-order valence-corrected chi connectivity index (χ1v) is 4.49. The minimum absolute atomic E-state index is 0.318. The topological polar surface area (TPSA) is 47.8 Å². The zero-order valence-corrected chi connectivity index (χ0v) is 7.71. The van der Waals surface area contributed by atoms with E-state index in [2.05, 4.69) is 10.1 Å². The molecule has 0 aromatic carbocycles. The van der Waals surface area contributed by atoms with Gasteiger partial charge >= 0.3 is 6.18 Å². The van der Waals surface area contributed by atoms with Gasteiger partial charge in [-0.25, -0.2) is 9.67 Å². The standard InChI is InChI=1S/C8H8F3N3O/c9-8(10,11)4-5(15)7-12-6-2-1-3-14(6)13-7/h1-4H2. The van der Waals surface area contributed by atoms with Crippen LogP contribution in [0.5, 0.6) is 0 Å². The highest BCUT2D eigenvalue weighted by Gasteiger charge is 2.33. The maximum absolute atomic E-state index is 11.9. The van der Waals surface area contributed by atoms with Crippen LogP contribution in [0.1, 0.15) is 29.3 Å². The Labute approximate surface area is 83.1 Å². The summed E-state index contributed by atoms with van der Waals surface area (Å²) in [5.74, 6) is -0.785. The van der Waals surface area contributed by atoms with Gasteiger partial charge < -0.3 is 0 Å². The molecule has 0 bridgehead atoms. The van der Waals surface area contributed by atoms with Crippen LogP contribution in [0.15, 0.2) is 0 Å². The van der Waals surface area contributed by atoms with Crippen LogP contribution in [0.2, 0.25) is 0 Å². The molecule has 82 valence electrons. The first kappa shape index (κ1) is 10.1. The molecule has 0 fully saturated rings. The number of alkyl halides is 3. The molecule has 2 rings (SSSR count). The third-order valence-corrected chi connectivity index (χ3v) is 2.13. The number of hydrogen-bond donors (Lipinski definition) is 0. The van der Waals surface area contributed by atoms with Crippen molar-refractivity contribution >= 4 is 5.78 Å². The van der Waals surface area contributed by atoms with Gasteiger partial charge in [-0.3, -0.25) is 4.79 Å². The van der Waals surface area contributed by atoms with E-state index in [0.717, 1.165) is 6.42 Å². The lowest BCUT2D eigenvalue weighted by atomic mass is 10.2. The van der Waals surface area contributed by atoms with Crippen molar-refractivity contribution in [2.45, 2.75) is 32.0 Å². The highest BCUT2D eigenvalue weighted by molar-refractivity contribution is 5.92. The summed E-state index contributed by atoms with van der Waals surface area (Å²) in [6.07, 6.45) is -4.43. The van der Waals surface area contributed by atoms with Gasteiger partial charge in [0.1, 0.15) is 12.2 Å². The molecule has 0 amide bonds. The van der Waals surface area contributed by atoms with Gasteiger partial charge in [0.2, 0.25) is 11.6 Å². The van der Waals surface area contributed by atoms with E-state index in [9.17, 15) is 18.0 Å². The molecule has 0 unspecified atom stereocenters. The maximum Gasteiger partial charge on any atom is 0.396 e. The van der Waals surface area contributed by atoms with Gasteiger partial charge in [-0.15, -0.1) is 5.10 Å². The second kappa shape index (κ2) is 3.32. The molecule has 0 aliphatic carbocycles. The summed E-state index contributed by atoms with van der Waals surface area (Å²) in [5, 5.41) is 3.73. The van der Waals surface area contributed by atoms with Gasteiger partial charge in [0, 0.05) is 13.0 Å². The lowest BCUT2D eigenvalue weighted by Crippen LogP contribution is -2.16. The van der Waals surface area contributed by atoms with E-state index in [1.165, 1.54) is 4.68 Å². The summed E-state index contributed by atoms with van der Waals surface area (Å²) in [6.45, 7) is 0.627. The minimum Gasteiger partial charge on any atom is -0.290 e. The molecule has 0 saturated heterocycles. The first-order valence-electron chi connectivity index (χ1n) is 4.49. The summed E-state index contributed by atoms with van der Waals surface area (Å²) >= 11 is 0. The molecule has 0 saturated carbocycles. The normalized spacial score (nSPS) is 15.4. The molecular weight excluding hydrogens is 211 g/mol. The van der Waals surface area contributed by atoms with Crippen molar-refractivity contribution in [3.05, 3.63) is 11.6 Å². The molecule has 4 nitrogen and oxygen atoms in total. The van der Waals surface area contributed by atoms with Crippen molar-refractivity contribution in [1.82, 2.24) is 14.8 Å².